The first-order valence-electron chi connectivity index (χ1n) is 12.4. The van der Waals surface area contributed by atoms with Crippen LogP contribution in [-0.4, -0.2) is 66.0 Å². The van der Waals surface area contributed by atoms with Crippen LogP contribution in [0.15, 0.2) is 60.7 Å². The zero-order valence-electron chi connectivity index (χ0n) is 21.6. The van der Waals surface area contributed by atoms with Gasteiger partial charge >= 0.3 is 0 Å². The molecule has 1 atom stereocenters. The van der Waals surface area contributed by atoms with Crippen molar-refractivity contribution in [3.8, 4) is 11.5 Å². The quantitative estimate of drug-likeness (QED) is 0.200. The molecule has 1 aliphatic rings. The number of likely N-dealkylation sites (tertiary alicyclic amines) is 1. The van der Waals surface area contributed by atoms with E-state index in [0.29, 0.717) is 48.9 Å². The van der Waals surface area contributed by atoms with Crippen LogP contribution in [0.2, 0.25) is 0 Å². The van der Waals surface area contributed by atoms with Gasteiger partial charge in [-0.25, -0.2) is 0 Å². The molecule has 0 aliphatic carbocycles. The second-order valence-electron chi connectivity index (χ2n) is 8.62. The number of nitrogens with zero attached hydrogens (tertiary/aromatic N) is 2. The summed E-state index contributed by atoms with van der Waals surface area (Å²) in [6.45, 7) is 15.0. The van der Waals surface area contributed by atoms with Gasteiger partial charge < -0.3 is 24.4 Å². The van der Waals surface area contributed by atoms with Crippen molar-refractivity contribution in [3.63, 3.8) is 0 Å². The lowest BCUT2D eigenvalue weighted by Crippen LogP contribution is -2.38. The molecule has 0 spiro atoms. The zero-order valence-corrected chi connectivity index (χ0v) is 21.6. The summed E-state index contributed by atoms with van der Waals surface area (Å²) in [6.07, 6.45) is 1.65. The smallest absolute Gasteiger partial charge is 0.295 e. The molecular formula is C29H36N2O5. The maximum absolute atomic E-state index is 13.3. The summed E-state index contributed by atoms with van der Waals surface area (Å²) in [4.78, 5) is 30.3. The van der Waals surface area contributed by atoms with E-state index in [2.05, 4.69) is 25.3 Å². The standard InChI is InChI=1S/C29H36N2O5/c1-6-18-36-23-15-14-22(19-24(23)35-9-4)26-25(27(32)21-12-10-20(5)11-13-21)28(33)29(34)31(26)17-16-30(7-2)8-3/h6,10-15,19,26,32H,1,7-9,16-18H2,2-5H3/b27-25+. The summed E-state index contributed by atoms with van der Waals surface area (Å²) in [6, 6.07) is 11.8. The fourth-order valence-corrected chi connectivity index (χ4v) is 4.34. The zero-order chi connectivity index (χ0) is 26.2. The number of carbonyl (C=O) groups is 2. The third-order valence-corrected chi connectivity index (χ3v) is 6.36. The highest BCUT2D eigenvalue weighted by Gasteiger charge is 2.46. The average Bonchev–Trinajstić information content (AvgIpc) is 3.13. The molecule has 7 heteroatoms. The molecule has 192 valence electrons. The number of ketones is 1. The molecule has 0 radical (unpaired) electrons. The Morgan fingerprint density at radius 3 is 2.36 bits per heavy atom. The highest BCUT2D eigenvalue weighted by atomic mass is 16.5. The van der Waals surface area contributed by atoms with Crippen LogP contribution in [0, 0.1) is 6.92 Å². The van der Waals surface area contributed by atoms with E-state index in [4.69, 9.17) is 9.47 Å². The van der Waals surface area contributed by atoms with Crippen LogP contribution in [0.25, 0.3) is 5.76 Å². The third-order valence-electron chi connectivity index (χ3n) is 6.36. The first kappa shape index (κ1) is 27.0. The molecule has 3 rings (SSSR count). The van der Waals surface area contributed by atoms with E-state index >= 15 is 0 Å². The van der Waals surface area contributed by atoms with Crippen LogP contribution < -0.4 is 9.47 Å². The minimum absolute atomic E-state index is 0.0746. The number of rotatable bonds is 12. The van der Waals surface area contributed by atoms with E-state index < -0.39 is 17.7 Å². The number of aliphatic hydroxyl groups excluding tert-OH is 1. The lowest BCUT2D eigenvalue weighted by Gasteiger charge is -2.28. The van der Waals surface area contributed by atoms with Gasteiger partial charge in [-0.15, -0.1) is 0 Å². The number of amides is 1. The van der Waals surface area contributed by atoms with Crippen LogP contribution >= 0.6 is 0 Å². The number of carbonyl (C=O) groups excluding carboxylic acids is 2. The summed E-state index contributed by atoms with van der Waals surface area (Å²) in [7, 11) is 0. The van der Waals surface area contributed by atoms with Gasteiger partial charge in [-0.05, 0) is 44.6 Å². The average molecular weight is 493 g/mol. The molecule has 1 heterocycles. The van der Waals surface area contributed by atoms with Crippen molar-refractivity contribution >= 4 is 17.4 Å². The molecule has 1 fully saturated rings. The summed E-state index contributed by atoms with van der Waals surface area (Å²) in [5.74, 6) is -0.456. The topological polar surface area (TPSA) is 79.3 Å². The first-order chi connectivity index (χ1) is 17.4. The molecule has 1 saturated heterocycles. The Labute approximate surface area is 213 Å². The minimum atomic E-state index is -0.755. The van der Waals surface area contributed by atoms with E-state index in [1.54, 1.807) is 35.2 Å². The molecule has 1 aliphatic heterocycles. The molecule has 0 aromatic heterocycles. The van der Waals surface area contributed by atoms with Gasteiger partial charge in [0.15, 0.2) is 11.5 Å². The third kappa shape index (κ3) is 5.79. The number of benzene rings is 2. The monoisotopic (exact) mass is 492 g/mol. The van der Waals surface area contributed by atoms with E-state index in [9.17, 15) is 14.7 Å². The van der Waals surface area contributed by atoms with E-state index in [1.807, 2.05) is 32.0 Å². The van der Waals surface area contributed by atoms with Gasteiger partial charge in [0, 0.05) is 18.7 Å². The van der Waals surface area contributed by atoms with E-state index in [-0.39, 0.29) is 11.3 Å². The largest absolute Gasteiger partial charge is 0.507 e. The fraction of sp³-hybridized carbons (Fsp3) is 0.379. The van der Waals surface area contributed by atoms with Crippen molar-refractivity contribution < 1.29 is 24.2 Å². The second-order valence-corrected chi connectivity index (χ2v) is 8.62. The molecule has 0 saturated carbocycles. The van der Waals surface area contributed by atoms with Crippen molar-refractivity contribution in [1.29, 1.82) is 0 Å². The maximum Gasteiger partial charge on any atom is 0.295 e. The number of ether oxygens (including phenoxy) is 2. The summed E-state index contributed by atoms with van der Waals surface area (Å²) < 4.78 is 11.5. The van der Waals surface area contributed by atoms with E-state index in [0.717, 1.165) is 18.7 Å². The van der Waals surface area contributed by atoms with Crippen LogP contribution in [0.4, 0.5) is 0 Å². The summed E-state index contributed by atoms with van der Waals surface area (Å²) in [5.41, 5.74) is 2.25. The van der Waals surface area contributed by atoms with Gasteiger partial charge in [0.2, 0.25) is 0 Å². The normalized spacial score (nSPS) is 17.0. The van der Waals surface area contributed by atoms with Gasteiger partial charge in [0.05, 0.1) is 18.2 Å². The Balaban J connectivity index is 2.14. The number of Topliss-reactive ketones (excluding diaryl/α,β-unsaturated/α-hetero) is 1. The summed E-state index contributed by atoms with van der Waals surface area (Å²) >= 11 is 0. The lowest BCUT2D eigenvalue weighted by molar-refractivity contribution is -0.140. The lowest BCUT2D eigenvalue weighted by atomic mass is 9.94. The molecule has 2 aromatic rings. The molecular weight excluding hydrogens is 456 g/mol. The molecule has 2 aromatic carbocycles. The van der Waals surface area contributed by atoms with E-state index in [1.165, 1.54) is 0 Å². The molecule has 7 nitrogen and oxygen atoms in total. The number of aliphatic hydroxyl groups is 1. The Bertz CT molecular complexity index is 1120. The van der Waals surface area contributed by atoms with Crippen molar-refractivity contribution in [3.05, 3.63) is 77.4 Å². The molecule has 1 unspecified atom stereocenters. The van der Waals surface area contributed by atoms with Gasteiger partial charge in [-0.2, -0.15) is 0 Å². The van der Waals surface area contributed by atoms with Crippen molar-refractivity contribution in [1.82, 2.24) is 9.80 Å². The van der Waals surface area contributed by atoms with Crippen LogP contribution in [0.5, 0.6) is 11.5 Å². The predicted octanol–water partition coefficient (Wildman–Crippen LogP) is 4.72. The minimum Gasteiger partial charge on any atom is -0.507 e. The fourth-order valence-electron chi connectivity index (χ4n) is 4.34. The first-order valence-corrected chi connectivity index (χ1v) is 12.4. The highest BCUT2D eigenvalue weighted by molar-refractivity contribution is 6.46. The van der Waals surface area contributed by atoms with Crippen molar-refractivity contribution in [2.24, 2.45) is 0 Å². The molecule has 1 amide bonds. The second kappa shape index (κ2) is 12.4. The molecule has 1 N–H and O–H groups in total. The number of likely N-dealkylation sites (N-methyl/N-ethyl adjacent to an activating group) is 1. The van der Waals surface area contributed by atoms with Gasteiger partial charge in [0.25, 0.3) is 11.7 Å². The van der Waals surface area contributed by atoms with Gasteiger partial charge in [0.1, 0.15) is 12.4 Å². The van der Waals surface area contributed by atoms with Crippen LogP contribution in [-0.2, 0) is 9.59 Å². The summed E-state index contributed by atoms with van der Waals surface area (Å²) in [5, 5.41) is 11.3. The SMILES string of the molecule is C=CCOc1ccc(C2/C(=C(\O)c3ccc(C)cc3)C(=O)C(=O)N2CCN(CC)CC)cc1OCC. The predicted molar refractivity (Wildman–Crippen MR) is 141 cm³/mol. The Morgan fingerprint density at radius 2 is 1.75 bits per heavy atom. The molecule has 0 bridgehead atoms. The Hall–Kier alpha value is -3.58. The highest BCUT2D eigenvalue weighted by Crippen LogP contribution is 2.42. The van der Waals surface area contributed by atoms with Crippen LogP contribution in [0.3, 0.4) is 0 Å². The number of hydrogen-bond acceptors (Lipinski definition) is 6. The van der Waals surface area contributed by atoms with Gasteiger partial charge in [-0.3, -0.25) is 9.59 Å². The Morgan fingerprint density at radius 1 is 1.06 bits per heavy atom. The Kier molecular flexibility index (Phi) is 9.31. The number of aryl methyl sites for hydroxylation is 1. The van der Waals surface area contributed by atoms with Gasteiger partial charge in [-0.1, -0.05) is 62.4 Å². The number of hydrogen-bond donors (Lipinski definition) is 1. The molecule has 36 heavy (non-hydrogen) atoms. The maximum atomic E-state index is 13.3. The van der Waals surface area contributed by atoms with Crippen molar-refractivity contribution in [2.75, 3.05) is 39.4 Å². The van der Waals surface area contributed by atoms with Crippen molar-refractivity contribution in [2.45, 2.75) is 33.7 Å². The van der Waals surface area contributed by atoms with Crippen LogP contribution in [0.1, 0.15) is 43.5 Å².